The molecule has 1 aromatic heterocycles. The van der Waals surface area contributed by atoms with E-state index in [9.17, 15) is 58.2 Å². The third-order valence-corrected chi connectivity index (χ3v) is 7.76. The van der Waals surface area contributed by atoms with Crippen molar-refractivity contribution < 1.29 is 68.4 Å². The number of H-pyrrole nitrogens is 1. The van der Waals surface area contributed by atoms with Crippen molar-refractivity contribution in [2.45, 2.75) is 87.6 Å². The number of nitrogens with one attached hydrogen (secondary N) is 7. The second-order valence-electron chi connectivity index (χ2n) is 12.5. The van der Waals surface area contributed by atoms with Crippen molar-refractivity contribution >= 4 is 65.2 Å². The lowest BCUT2D eigenvalue weighted by Gasteiger charge is -2.26. The Morgan fingerprint density at radius 1 is 0.707 bits per heavy atom. The predicted octanol–water partition coefficient (Wildman–Crippen LogP) is -7.44. The van der Waals surface area contributed by atoms with Crippen LogP contribution < -0.4 is 54.8 Å². The smallest absolute Gasteiger partial charge is 0.328 e. The van der Waals surface area contributed by atoms with E-state index in [4.69, 9.17) is 33.1 Å². The Morgan fingerprint density at radius 3 is 1.81 bits per heavy atom. The Hall–Kier alpha value is -6.90. The van der Waals surface area contributed by atoms with Gasteiger partial charge in [-0.05, 0) is 25.7 Å². The molecule has 27 nitrogen and oxygen atoms in total. The zero-order chi connectivity index (χ0) is 43.9. The van der Waals surface area contributed by atoms with Crippen molar-refractivity contribution in [3.8, 4) is 0 Å². The lowest BCUT2D eigenvalue weighted by atomic mass is 10.0. The number of aliphatic hydroxyl groups excluding tert-OH is 1. The summed E-state index contributed by atoms with van der Waals surface area (Å²) in [4.78, 5) is 134. The molecule has 27 heteroatoms. The lowest BCUT2D eigenvalue weighted by molar-refractivity contribution is -0.143. The minimum Gasteiger partial charge on any atom is -0.481 e. The fourth-order valence-electron chi connectivity index (χ4n) is 4.76. The van der Waals surface area contributed by atoms with E-state index in [-0.39, 0.29) is 44.6 Å². The summed E-state index contributed by atoms with van der Waals surface area (Å²) in [5, 5.41) is 49.9. The number of rotatable bonds is 28. The summed E-state index contributed by atoms with van der Waals surface area (Å²) >= 11 is 0. The monoisotopic (exact) mass is 827 g/mol. The van der Waals surface area contributed by atoms with E-state index >= 15 is 0 Å². The maximum Gasteiger partial charge on any atom is 0.328 e. The highest BCUT2D eigenvalue weighted by molar-refractivity contribution is 5.97. The Bertz CT molecular complexity index is 1650. The third kappa shape index (κ3) is 19.6. The van der Waals surface area contributed by atoms with Crippen LogP contribution in [0.3, 0.4) is 0 Å². The first kappa shape index (κ1) is 49.1. The maximum absolute atomic E-state index is 13.7. The van der Waals surface area contributed by atoms with Gasteiger partial charge in [0.1, 0.15) is 30.2 Å². The summed E-state index contributed by atoms with van der Waals surface area (Å²) in [7, 11) is 0. The maximum atomic E-state index is 13.7. The van der Waals surface area contributed by atoms with Crippen LogP contribution in [0.25, 0.3) is 0 Å². The number of carboxylic acid groups (broad SMARTS) is 3. The second kappa shape index (κ2) is 25.3. The Labute approximate surface area is 328 Å². The summed E-state index contributed by atoms with van der Waals surface area (Å²) in [5.41, 5.74) is 22.1. The van der Waals surface area contributed by atoms with Gasteiger partial charge in [0, 0.05) is 37.7 Å². The van der Waals surface area contributed by atoms with Crippen LogP contribution in [0.5, 0.6) is 0 Å². The van der Waals surface area contributed by atoms with Crippen LogP contribution >= 0.6 is 0 Å². The molecular weight excluding hydrogens is 778 g/mol. The molecule has 0 spiro atoms. The molecule has 0 aliphatic rings. The molecule has 0 aliphatic heterocycles. The van der Waals surface area contributed by atoms with Gasteiger partial charge in [0.25, 0.3) is 0 Å². The molecule has 0 saturated carbocycles. The molecule has 58 heavy (non-hydrogen) atoms. The average Bonchev–Trinajstić information content (AvgIpc) is 3.66. The number of amides is 7. The van der Waals surface area contributed by atoms with Gasteiger partial charge in [-0.1, -0.05) is 0 Å². The predicted molar refractivity (Wildman–Crippen MR) is 195 cm³/mol. The van der Waals surface area contributed by atoms with Gasteiger partial charge in [0.05, 0.1) is 31.9 Å². The standard InChI is InChI=1S/C31H49N13O14/c32-15(3-5-21(33)46)25(52)43-18(8-14-10-36-13-39-14)29(56)41-16(2-1-7-37-31(34)35)27(54)42-17(4-6-23(48)49)28(55)44-19(9-24(50)51)26(53)38-11-22(47)40-20(12-45)30(57)58/h10,13,15-20,45H,1-9,11-12,32H2,(H2,33,46)(H,36,39)(H,38,53)(H,40,47)(H,41,56)(H,42,54)(H,43,52)(H,44,55)(H,48,49)(H,50,51)(H,57,58)(H4,34,35,37)/t15-,16-,17+,18+,19-,20-/m0/s1. The summed E-state index contributed by atoms with van der Waals surface area (Å²) < 4.78 is 0. The number of hydrogen-bond acceptors (Lipinski definition) is 14. The van der Waals surface area contributed by atoms with Crippen LogP contribution in [0.2, 0.25) is 0 Å². The number of nitrogens with two attached hydrogens (primary N) is 4. The first-order valence-electron chi connectivity index (χ1n) is 17.4. The molecule has 0 aliphatic carbocycles. The number of carbonyl (C=O) groups is 10. The van der Waals surface area contributed by atoms with E-state index in [2.05, 4.69) is 36.2 Å². The Balaban J connectivity index is 3.34. The number of aromatic nitrogens is 2. The number of hydrogen-bond donors (Lipinski definition) is 15. The van der Waals surface area contributed by atoms with Crippen molar-refractivity contribution in [1.82, 2.24) is 41.9 Å². The molecule has 6 atom stereocenters. The number of aromatic amines is 1. The van der Waals surface area contributed by atoms with Crippen molar-refractivity contribution in [2.24, 2.45) is 27.9 Å². The molecule has 19 N–H and O–H groups in total. The van der Waals surface area contributed by atoms with Crippen molar-refractivity contribution in [1.29, 1.82) is 0 Å². The molecule has 322 valence electrons. The number of carbonyl (C=O) groups excluding carboxylic acids is 7. The quantitative estimate of drug-likeness (QED) is 0.0212. The number of carboxylic acids is 3. The van der Waals surface area contributed by atoms with Crippen molar-refractivity contribution in [3.05, 3.63) is 18.2 Å². The molecule has 1 heterocycles. The molecule has 0 radical (unpaired) electrons. The van der Waals surface area contributed by atoms with Crippen LogP contribution in [0.15, 0.2) is 17.5 Å². The third-order valence-electron chi connectivity index (χ3n) is 7.76. The van der Waals surface area contributed by atoms with E-state index in [1.807, 2.05) is 10.6 Å². The van der Waals surface area contributed by atoms with Crippen LogP contribution in [-0.4, -0.2) is 152 Å². The first-order chi connectivity index (χ1) is 27.2. The van der Waals surface area contributed by atoms with Gasteiger partial charge in [-0.25, -0.2) is 9.78 Å². The zero-order valence-corrected chi connectivity index (χ0v) is 31.0. The summed E-state index contributed by atoms with van der Waals surface area (Å²) in [6, 6.07) is -9.64. The molecule has 0 saturated heterocycles. The Morgan fingerprint density at radius 2 is 1.29 bits per heavy atom. The van der Waals surface area contributed by atoms with E-state index in [0.29, 0.717) is 5.69 Å². The lowest BCUT2D eigenvalue weighted by Crippen LogP contribution is -2.59. The van der Waals surface area contributed by atoms with Crippen LogP contribution in [0.1, 0.15) is 50.6 Å². The van der Waals surface area contributed by atoms with Crippen LogP contribution in [0, 0.1) is 0 Å². The number of aliphatic imine (C=N–C) groups is 1. The minimum atomic E-state index is -1.92. The number of imidazole rings is 1. The first-order valence-corrected chi connectivity index (χ1v) is 17.4. The van der Waals surface area contributed by atoms with Gasteiger partial charge >= 0.3 is 17.9 Å². The van der Waals surface area contributed by atoms with E-state index in [1.165, 1.54) is 12.5 Å². The van der Waals surface area contributed by atoms with Crippen molar-refractivity contribution in [3.63, 3.8) is 0 Å². The summed E-state index contributed by atoms with van der Waals surface area (Å²) in [6.07, 6.45) is -0.558. The fraction of sp³-hybridized carbons (Fsp3) is 0.548. The average molecular weight is 828 g/mol. The minimum absolute atomic E-state index is 0.0395. The number of nitrogens with zero attached hydrogens (tertiary/aromatic N) is 2. The molecule has 1 rings (SSSR count). The van der Waals surface area contributed by atoms with Crippen LogP contribution in [-0.2, 0) is 54.4 Å². The fourth-order valence-corrected chi connectivity index (χ4v) is 4.76. The summed E-state index contributed by atoms with van der Waals surface area (Å²) in [5.74, 6) is -12.1. The molecule has 0 bridgehead atoms. The molecule has 0 unspecified atom stereocenters. The normalized spacial score (nSPS) is 13.8. The Kier molecular flexibility index (Phi) is 21.4. The van der Waals surface area contributed by atoms with Gasteiger partial charge in [0.2, 0.25) is 41.4 Å². The molecule has 0 fully saturated rings. The highest BCUT2D eigenvalue weighted by Crippen LogP contribution is 2.08. The number of aliphatic carboxylic acids is 3. The SMILES string of the molecule is NC(=O)CC[C@H](N)C(=O)N[C@H](Cc1cnc[nH]1)C(=O)N[C@@H](CCCN=C(N)N)C(=O)N[C@H](CCC(=O)O)C(=O)N[C@@H](CC(=O)O)C(=O)NCC(=O)N[C@@H](CO)C(=O)O. The van der Waals surface area contributed by atoms with Crippen molar-refractivity contribution in [2.75, 3.05) is 19.7 Å². The van der Waals surface area contributed by atoms with E-state index < -0.39 is 128 Å². The molecule has 0 aromatic carbocycles. The summed E-state index contributed by atoms with van der Waals surface area (Å²) in [6.45, 7) is -1.96. The molecule has 1 aromatic rings. The topological polar surface area (TPSA) is 469 Å². The highest BCUT2D eigenvalue weighted by Gasteiger charge is 2.33. The number of primary amides is 1. The second-order valence-corrected chi connectivity index (χ2v) is 12.5. The van der Waals surface area contributed by atoms with E-state index in [1.54, 1.807) is 0 Å². The number of aliphatic hydroxyl groups is 1. The largest absolute Gasteiger partial charge is 0.481 e. The van der Waals surface area contributed by atoms with Gasteiger partial charge < -0.3 is 80.2 Å². The van der Waals surface area contributed by atoms with Crippen LogP contribution in [0.4, 0.5) is 0 Å². The molecule has 7 amide bonds. The van der Waals surface area contributed by atoms with E-state index in [0.717, 1.165) is 0 Å². The zero-order valence-electron chi connectivity index (χ0n) is 31.0. The van der Waals surface area contributed by atoms with Gasteiger partial charge in [-0.2, -0.15) is 0 Å². The van der Waals surface area contributed by atoms with Gasteiger partial charge in [-0.3, -0.25) is 48.1 Å². The van der Waals surface area contributed by atoms with Gasteiger partial charge in [-0.15, -0.1) is 0 Å². The van der Waals surface area contributed by atoms with Gasteiger partial charge in [0.15, 0.2) is 5.96 Å². The number of guanidine groups is 1. The highest BCUT2D eigenvalue weighted by atomic mass is 16.4. The molecular formula is C31H49N13O14.